The molecule has 0 saturated heterocycles. The summed E-state index contributed by atoms with van der Waals surface area (Å²) in [7, 11) is 0. The van der Waals surface area contributed by atoms with E-state index in [1.807, 2.05) is 25.1 Å². The lowest BCUT2D eigenvalue weighted by Gasteiger charge is -2.13. The third-order valence-corrected chi connectivity index (χ3v) is 6.14. The van der Waals surface area contributed by atoms with E-state index in [0.29, 0.717) is 15.6 Å². The highest BCUT2D eigenvalue weighted by atomic mass is 127. The summed E-state index contributed by atoms with van der Waals surface area (Å²) in [5, 5.41) is 1.21. The summed E-state index contributed by atoms with van der Waals surface area (Å²) in [6.07, 6.45) is 0. The van der Waals surface area contributed by atoms with Gasteiger partial charge in [-0.15, -0.1) is 0 Å². The summed E-state index contributed by atoms with van der Waals surface area (Å²) in [5.74, 6) is 0. The van der Waals surface area contributed by atoms with Crippen molar-refractivity contribution in [3.8, 4) is 11.1 Å². The Balaban J connectivity index is 2.79. The molecule has 2 aromatic rings. The van der Waals surface area contributed by atoms with Crippen LogP contribution in [0.25, 0.3) is 11.1 Å². The number of halogens is 6. The van der Waals surface area contributed by atoms with Crippen LogP contribution < -0.4 is 0 Å². The van der Waals surface area contributed by atoms with Crippen LogP contribution in [0.4, 0.5) is 0 Å². The van der Waals surface area contributed by atoms with Gasteiger partial charge in [-0.3, -0.25) is 0 Å². The largest absolute Gasteiger partial charge is 0.0819 e. The van der Waals surface area contributed by atoms with E-state index in [9.17, 15) is 0 Å². The molecule has 0 saturated carbocycles. The van der Waals surface area contributed by atoms with Gasteiger partial charge in [0.2, 0.25) is 0 Å². The molecule has 0 nitrogen and oxygen atoms in total. The Labute approximate surface area is 150 Å². The number of hydrogen-bond acceptors (Lipinski definition) is 0. The lowest BCUT2D eigenvalue weighted by molar-refractivity contribution is 1.42. The Morgan fingerprint density at radius 1 is 0.789 bits per heavy atom. The average molecular weight is 466 g/mol. The maximum absolute atomic E-state index is 6.24. The lowest BCUT2D eigenvalue weighted by atomic mass is 10.0. The second-order valence-electron chi connectivity index (χ2n) is 3.91. The highest BCUT2D eigenvalue weighted by Gasteiger charge is 2.20. The van der Waals surface area contributed by atoms with Crippen molar-refractivity contribution < 1.29 is 0 Å². The Morgan fingerprint density at radius 3 is 1.74 bits per heavy atom. The second-order valence-corrected chi connectivity index (χ2v) is 6.96. The predicted octanol–water partition coefficient (Wildman–Crippen LogP) is 7.53. The molecule has 0 aliphatic rings. The van der Waals surface area contributed by atoms with E-state index in [2.05, 4.69) is 22.6 Å². The van der Waals surface area contributed by atoms with Crippen LogP contribution in [-0.2, 0) is 0 Å². The van der Waals surface area contributed by atoms with Crippen molar-refractivity contribution in [2.75, 3.05) is 0 Å². The summed E-state index contributed by atoms with van der Waals surface area (Å²) in [5.41, 5.74) is 2.57. The van der Waals surface area contributed by atoms with Crippen LogP contribution >= 0.6 is 80.6 Å². The SMILES string of the molecule is Cc1cc(-c2c(Cl)c(Cl)c(Cl)c(Cl)c2Cl)ccc1I. The molecule has 100 valence electrons. The Morgan fingerprint density at radius 2 is 1.26 bits per heavy atom. The fourth-order valence-electron chi connectivity index (χ4n) is 1.66. The molecule has 0 atom stereocenters. The van der Waals surface area contributed by atoms with Gasteiger partial charge in [-0.05, 0) is 46.7 Å². The van der Waals surface area contributed by atoms with Crippen LogP contribution in [0, 0.1) is 10.5 Å². The van der Waals surface area contributed by atoms with Gasteiger partial charge in [0.05, 0.1) is 25.1 Å². The average Bonchev–Trinajstić information content (AvgIpc) is 2.38. The molecule has 0 radical (unpaired) electrons. The van der Waals surface area contributed by atoms with Gasteiger partial charge in [0.15, 0.2) is 0 Å². The smallest absolute Gasteiger partial charge is 0.0809 e. The highest BCUT2D eigenvalue weighted by molar-refractivity contribution is 14.1. The molecule has 19 heavy (non-hydrogen) atoms. The van der Waals surface area contributed by atoms with Crippen LogP contribution in [0.5, 0.6) is 0 Å². The minimum atomic E-state index is 0.171. The third-order valence-electron chi connectivity index (χ3n) is 2.66. The summed E-state index contributed by atoms with van der Waals surface area (Å²) >= 11 is 32.9. The topological polar surface area (TPSA) is 0 Å². The van der Waals surface area contributed by atoms with E-state index in [1.165, 1.54) is 0 Å². The first-order valence-electron chi connectivity index (χ1n) is 5.12. The van der Waals surface area contributed by atoms with Gasteiger partial charge in [0.1, 0.15) is 0 Å². The van der Waals surface area contributed by atoms with E-state index in [1.54, 1.807) is 0 Å². The van der Waals surface area contributed by atoms with Gasteiger partial charge in [0.25, 0.3) is 0 Å². The molecule has 0 spiro atoms. The fourth-order valence-corrected chi connectivity index (χ4v) is 3.35. The monoisotopic (exact) mass is 464 g/mol. The van der Waals surface area contributed by atoms with Crippen molar-refractivity contribution >= 4 is 80.6 Å². The first-order valence-corrected chi connectivity index (χ1v) is 8.09. The first kappa shape index (κ1) is 16.0. The molecule has 6 heteroatoms. The maximum atomic E-state index is 6.24. The molecule has 2 rings (SSSR count). The summed E-state index contributed by atoms with van der Waals surface area (Å²) < 4.78 is 1.15. The molecule has 0 aromatic heterocycles. The van der Waals surface area contributed by atoms with Crippen molar-refractivity contribution in [3.05, 3.63) is 52.4 Å². The summed E-state index contributed by atoms with van der Waals surface area (Å²) in [6.45, 7) is 2.01. The minimum absolute atomic E-state index is 0.171. The highest BCUT2D eigenvalue weighted by Crippen LogP contribution is 2.48. The van der Waals surface area contributed by atoms with Crippen LogP contribution in [0.2, 0.25) is 25.1 Å². The molecule has 0 bridgehead atoms. The molecule has 0 unspecified atom stereocenters. The van der Waals surface area contributed by atoms with Crippen molar-refractivity contribution in [1.29, 1.82) is 0 Å². The molecule has 0 fully saturated rings. The molecule has 0 aliphatic heterocycles. The third kappa shape index (κ3) is 2.97. The molecular weight excluding hydrogens is 460 g/mol. The molecule has 0 N–H and O–H groups in total. The zero-order valence-electron chi connectivity index (χ0n) is 9.50. The van der Waals surface area contributed by atoms with Gasteiger partial charge in [-0.2, -0.15) is 0 Å². The summed E-state index contributed by atoms with van der Waals surface area (Å²) in [4.78, 5) is 0. The zero-order chi connectivity index (χ0) is 14.3. The van der Waals surface area contributed by atoms with Crippen LogP contribution in [0.1, 0.15) is 5.56 Å². The van der Waals surface area contributed by atoms with Crippen molar-refractivity contribution in [2.45, 2.75) is 6.92 Å². The quantitative estimate of drug-likeness (QED) is 0.232. The minimum Gasteiger partial charge on any atom is -0.0819 e. The van der Waals surface area contributed by atoms with Gasteiger partial charge in [-0.1, -0.05) is 70.1 Å². The Bertz CT molecular complexity index is 638. The number of rotatable bonds is 1. The Kier molecular flexibility index (Phi) is 5.19. The molecule has 0 heterocycles. The normalized spacial score (nSPS) is 10.9. The van der Waals surface area contributed by atoms with E-state index in [4.69, 9.17) is 58.0 Å². The van der Waals surface area contributed by atoms with Crippen molar-refractivity contribution in [3.63, 3.8) is 0 Å². The van der Waals surface area contributed by atoms with Crippen LogP contribution in [-0.4, -0.2) is 0 Å². The van der Waals surface area contributed by atoms with Gasteiger partial charge in [0, 0.05) is 9.13 Å². The lowest BCUT2D eigenvalue weighted by Crippen LogP contribution is -1.89. The van der Waals surface area contributed by atoms with Gasteiger partial charge < -0.3 is 0 Å². The van der Waals surface area contributed by atoms with E-state index < -0.39 is 0 Å². The fraction of sp³-hybridized carbons (Fsp3) is 0.0769. The summed E-state index contributed by atoms with van der Waals surface area (Å²) in [6, 6.07) is 5.88. The molecule has 2 aromatic carbocycles. The molecule has 0 amide bonds. The van der Waals surface area contributed by atoms with Crippen LogP contribution in [0.15, 0.2) is 18.2 Å². The van der Waals surface area contributed by atoms with E-state index in [0.717, 1.165) is 14.7 Å². The standard InChI is InChI=1S/C13H6Cl5I/c1-5-4-6(2-3-7(5)19)8-9(14)11(16)13(18)12(17)10(8)15/h2-4H,1H3. The van der Waals surface area contributed by atoms with E-state index >= 15 is 0 Å². The predicted molar refractivity (Wildman–Crippen MR) is 94.4 cm³/mol. The number of aryl methyl sites for hydroxylation is 1. The van der Waals surface area contributed by atoms with E-state index in [-0.39, 0.29) is 15.1 Å². The Hall–Kier alpha value is 0.620. The van der Waals surface area contributed by atoms with Gasteiger partial charge >= 0.3 is 0 Å². The first-order chi connectivity index (χ1) is 8.84. The number of hydrogen-bond donors (Lipinski definition) is 0. The van der Waals surface area contributed by atoms with Gasteiger partial charge in [-0.25, -0.2) is 0 Å². The molecular formula is C13H6Cl5I. The number of benzene rings is 2. The maximum Gasteiger partial charge on any atom is 0.0809 e. The molecule has 0 aliphatic carbocycles. The zero-order valence-corrected chi connectivity index (χ0v) is 15.4. The van der Waals surface area contributed by atoms with Crippen molar-refractivity contribution in [1.82, 2.24) is 0 Å². The van der Waals surface area contributed by atoms with Crippen LogP contribution in [0.3, 0.4) is 0 Å². The van der Waals surface area contributed by atoms with Crippen molar-refractivity contribution in [2.24, 2.45) is 0 Å². The second kappa shape index (κ2) is 6.17.